The molecule has 2 nitrogen and oxygen atoms in total. The van der Waals surface area contributed by atoms with Gasteiger partial charge in [0.25, 0.3) is 0 Å². The molecule has 1 unspecified atom stereocenters. The molecule has 1 rings (SSSR count). The van der Waals surface area contributed by atoms with Crippen LogP contribution in [-0.2, 0) is 0 Å². The number of hydrogen-bond donors (Lipinski definition) is 2. The maximum atomic E-state index is 9.16. The number of rotatable bonds is 8. The van der Waals surface area contributed by atoms with Gasteiger partial charge in [0.2, 0.25) is 0 Å². The zero-order valence-electron chi connectivity index (χ0n) is 9.68. The zero-order chi connectivity index (χ0) is 10.4. The van der Waals surface area contributed by atoms with E-state index < -0.39 is 0 Å². The van der Waals surface area contributed by atoms with Crippen molar-refractivity contribution in [2.75, 3.05) is 13.2 Å². The second kappa shape index (κ2) is 5.72. The summed E-state index contributed by atoms with van der Waals surface area (Å²) >= 11 is 0. The average molecular weight is 199 g/mol. The van der Waals surface area contributed by atoms with Crippen LogP contribution in [0.1, 0.15) is 52.4 Å². The van der Waals surface area contributed by atoms with E-state index in [0.717, 1.165) is 25.3 Å². The van der Waals surface area contributed by atoms with Crippen molar-refractivity contribution in [2.24, 2.45) is 5.92 Å². The van der Waals surface area contributed by atoms with Gasteiger partial charge in [-0.1, -0.05) is 33.1 Å². The predicted octanol–water partition coefficient (Wildman–Crippen LogP) is 2.32. The average Bonchev–Trinajstić information content (AvgIpc) is 2.99. The minimum Gasteiger partial charge on any atom is -0.394 e. The summed E-state index contributed by atoms with van der Waals surface area (Å²) in [5.74, 6) is 0.805. The van der Waals surface area contributed by atoms with Crippen molar-refractivity contribution in [1.82, 2.24) is 5.32 Å². The maximum absolute atomic E-state index is 9.16. The molecule has 0 bridgehead atoms. The highest BCUT2D eigenvalue weighted by Crippen LogP contribution is 2.34. The van der Waals surface area contributed by atoms with E-state index in [1.54, 1.807) is 0 Å². The van der Waals surface area contributed by atoms with Gasteiger partial charge in [0.1, 0.15) is 0 Å². The largest absolute Gasteiger partial charge is 0.394 e. The Hall–Kier alpha value is -0.0800. The van der Waals surface area contributed by atoms with Crippen LogP contribution in [-0.4, -0.2) is 23.8 Å². The monoisotopic (exact) mass is 199 g/mol. The summed E-state index contributed by atoms with van der Waals surface area (Å²) in [5, 5.41) is 12.7. The number of aliphatic hydroxyl groups excluding tert-OH is 1. The highest BCUT2D eigenvalue weighted by molar-refractivity contribution is 5.01. The summed E-state index contributed by atoms with van der Waals surface area (Å²) in [5.41, 5.74) is 0.125. The molecular weight excluding hydrogens is 174 g/mol. The molecule has 1 atom stereocenters. The van der Waals surface area contributed by atoms with Crippen LogP contribution >= 0.6 is 0 Å². The highest BCUT2D eigenvalue weighted by Gasteiger charge is 2.41. The molecule has 2 N–H and O–H groups in total. The molecule has 0 aromatic carbocycles. The van der Waals surface area contributed by atoms with E-state index in [-0.39, 0.29) is 5.54 Å². The molecule has 1 aliphatic rings. The van der Waals surface area contributed by atoms with Gasteiger partial charge in [0.05, 0.1) is 6.61 Å². The second-order valence-corrected chi connectivity index (χ2v) is 4.74. The summed E-state index contributed by atoms with van der Waals surface area (Å²) in [7, 11) is 0. The summed E-state index contributed by atoms with van der Waals surface area (Å²) in [6, 6.07) is 0. The Balaban J connectivity index is 2.13. The smallest absolute Gasteiger partial charge is 0.0613 e. The van der Waals surface area contributed by atoms with Gasteiger partial charge in [0, 0.05) is 5.54 Å². The van der Waals surface area contributed by atoms with Gasteiger partial charge in [-0.15, -0.1) is 0 Å². The third-order valence-corrected chi connectivity index (χ3v) is 3.47. The molecule has 0 saturated heterocycles. The van der Waals surface area contributed by atoms with Crippen molar-refractivity contribution in [3.05, 3.63) is 0 Å². The normalized spacial score (nSPS) is 20.8. The standard InChI is InChI=1S/C12H25NO/c1-3-5-6-11(4-2)9-13-12(10-14)7-8-12/h11,13-14H,3-10H2,1-2H3. The molecule has 0 heterocycles. The van der Waals surface area contributed by atoms with Crippen LogP contribution in [0.2, 0.25) is 0 Å². The Bertz CT molecular complexity index is 154. The molecule has 0 spiro atoms. The van der Waals surface area contributed by atoms with Crippen molar-refractivity contribution in [2.45, 2.75) is 57.9 Å². The molecule has 1 aliphatic carbocycles. The van der Waals surface area contributed by atoms with E-state index in [0.29, 0.717) is 6.61 Å². The molecule has 1 saturated carbocycles. The highest BCUT2D eigenvalue weighted by atomic mass is 16.3. The Morgan fingerprint density at radius 1 is 1.36 bits per heavy atom. The quantitative estimate of drug-likeness (QED) is 0.629. The molecule has 84 valence electrons. The van der Waals surface area contributed by atoms with E-state index in [4.69, 9.17) is 5.11 Å². The fourth-order valence-electron chi connectivity index (χ4n) is 1.85. The molecule has 14 heavy (non-hydrogen) atoms. The number of nitrogens with one attached hydrogen (secondary N) is 1. The first-order valence-electron chi connectivity index (χ1n) is 6.12. The van der Waals surface area contributed by atoms with Crippen LogP contribution in [0, 0.1) is 5.92 Å². The van der Waals surface area contributed by atoms with Crippen LogP contribution in [0.15, 0.2) is 0 Å². The maximum Gasteiger partial charge on any atom is 0.0613 e. The third kappa shape index (κ3) is 3.58. The van der Waals surface area contributed by atoms with Crippen molar-refractivity contribution in [1.29, 1.82) is 0 Å². The molecule has 0 radical (unpaired) electrons. The fourth-order valence-corrected chi connectivity index (χ4v) is 1.85. The number of unbranched alkanes of at least 4 members (excludes halogenated alkanes) is 1. The van der Waals surface area contributed by atoms with E-state index in [2.05, 4.69) is 19.2 Å². The van der Waals surface area contributed by atoms with Crippen LogP contribution in [0.3, 0.4) is 0 Å². The fraction of sp³-hybridized carbons (Fsp3) is 1.00. The van der Waals surface area contributed by atoms with Gasteiger partial charge in [-0.3, -0.25) is 0 Å². The molecule has 0 amide bonds. The molecule has 0 aromatic heterocycles. The van der Waals surface area contributed by atoms with Gasteiger partial charge >= 0.3 is 0 Å². The lowest BCUT2D eigenvalue weighted by Crippen LogP contribution is -2.38. The van der Waals surface area contributed by atoms with Gasteiger partial charge in [-0.05, 0) is 31.7 Å². The summed E-state index contributed by atoms with van der Waals surface area (Å²) in [6.07, 6.45) is 7.55. The van der Waals surface area contributed by atoms with Crippen LogP contribution in [0.5, 0.6) is 0 Å². The Labute approximate surface area is 88.1 Å². The van der Waals surface area contributed by atoms with Crippen LogP contribution < -0.4 is 5.32 Å². The van der Waals surface area contributed by atoms with E-state index in [9.17, 15) is 0 Å². The number of hydrogen-bond acceptors (Lipinski definition) is 2. The van der Waals surface area contributed by atoms with Gasteiger partial charge < -0.3 is 10.4 Å². The second-order valence-electron chi connectivity index (χ2n) is 4.74. The summed E-state index contributed by atoms with van der Waals surface area (Å²) < 4.78 is 0. The Morgan fingerprint density at radius 3 is 2.50 bits per heavy atom. The first-order chi connectivity index (χ1) is 6.76. The van der Waals surface area contributed by atoms with E-state index >= 15 is 0 Å². The lowest BCUT2D eigenvalue weighted by atomic mass is 9.99. The topological polar surface area (TPSA) is 32.3 Å². The van der Waals surface area contributed by atoms with Gasteiger partial charge in [-0.25, -0.2) is 0 Å². The lowest BCUT2D eigenvalue weighted by molar-refractivity contribution is 0.222. The molecular formula is C12H25NO. The minimum atomic E-state index is 0.125. The SMILES string of the molecule is CCCCC(CC)CNC1(CO)CC1. The molecule has 0 aromatic rings. The molecule has 1 fully saturated rings. The first kappa shape index (κ1) is 12.0. The number of aliphatic hydroxyl groups is 1. The summed E-state index contributed by atoms with van der Waals surface area (Å²) in [4.78, 5) is 0. The molecule has 0 aliphatic heterocycles. The first-order valence-corrected chi connectivity index (χ1v) is 6.12. The Morgan fingerprint density at radius 2 is 2.07 bits per heavy atom. The van der Waals surface area contributed by atoms with E-state index in [1.807, 2.05) is 0 Å². The predicted molar refractivity (Wildman–Crippen MR) is 60.4 cm³/mol. The van der Waals surface area contributed by atoms with Crippen LogP contribution in [0.4, 0.5) is 0 Å². The van der Waals surface area contributed by atoms with Crippen molar-refractivity contribution in [3.63, 3.8) is 0 Å². The minimum absolute atomic E-state index is 0.125. The molecule has 2 heteroatoms. The van der Waals surface area contributed by atoms with Crippen molar-refractivity contribution < 1.29 is 5.11 Å². The van der Waals surface area contributed by atoms with E-state index in [1.165, 1.54) is 25.7 Å². The van der Waals surface area contributed by atoms with Gasteiger partial charge in [-0.2, -0.15) is 0 Å². The third-order valence-electron chi connectivity index (χ3n) is 3.47. The summed E-state index contributed by atoms with van der Waals surface area (Å²) in [6.45, 7) is 5.92. The van der Waals surface area contributed by atoms with Crippen LogP contribution in [0.25, 0.3) is 0 Å². The zero-order valence-corrected chi connectivity index (χ0v) is 9.68. The lowest BCUT2D eigenvalue weighted by Gasteiger charge is -2.20. The van der Waals surface area contributed by atoms with Crippen molar-refractivity contribution >= 4 is 0 Å². The van der Waals surface area contributed by atoms with Gasteiger partial charge in [0.15, 0.2) is 0 Å². The Kier molecular flexibility index (Phi) is 4.90. The van der Waals surface area contributed by atoms with Crippen molar-refractivity contribution in [3.8, 4) is 0 Å².